The standard InChI is InChI=1S/C14H23N7O/c1-19-5-7-21(8-6-19)13-11-10-16-20(2)12(11)17-14(18-13)15-4-9-22-3/h10H,4-9H2,1-3H3,(H,15,17,18). The van der Waals surface area contributed by atoms with Crippen LogP contribution >= 0.6 is 0 Å². The van der Waals surface area contributed by atoms with Crippen LogP contribution in [0.5, 0.6) is 0 Å². The number of aromatic nitrogens is 4. The van der Waals surface area contributed by atoms with Crippen LogP contribution in [0.1, 0.15) is 0 Å². The number of likely N-dealkylation sites (N-methyl/N-ethyl adjacent to an activating group) is 1. The number of ether oxygens (including phenoxy) is 1. The summed E-state index contributed by atoms with van der Waals surface area (Å²) in [5, 5.41) is 8.55. The molecule has 0 amide bonds. The SMILES string of the molecule is COCCNc1nc(N2CCN(C)CC2)c2cnn(C)c2n1. The van der Waals surface area contributed by atoms with Crippen molar-refractivity contribution in [2.45, 2.75) is 0 Å². The van der Waals surface area contributed by atoms with Gasteiger partial charge in [0.1, 0.15) is 5.82 Å². The highest BCUT2D eigenvalue weighted by Crippen LogP contribution is 2.25. The number of aryl methyl sites for hydroxylation is 1. The number of methoxy groups -OCH3 is 1. The molecule has 1 fully saturated rings. The van der Waals surface area contributed by atoms with Gasteiger partial charge in [-0.15, -0.1) is 0 Å². The van der Waals surface area contributed by atoms with E-state index in [0.717, 1.165) is 43.0 Å². The maximum Gasteiger partial charge on any atom is 0.226 e. The van der Waals surface area contributed by atoms with E-state index < -0.39 is 0 Å². The number of nitrogens with zero attached hydrogens (tertiary/aromatic N) is 6. The molecule has 8 nitrogen and oxygen atoms in total. The maximum atomic E-state index is 5.07. The zero-order valence-corrected chi connectivity index (χ0v) is 13.4. The Morgan fingerprint density at radius 3 is 2.68 bits per heavy atom. The summed E-state index contributed by atoms with van der Waals surface area (Å²) in [6.45, 7) is 5.32. The molecule has 0 spiro atoms. The molecule has 0 saturated carbocycles. The Kier molecular flexibility index (Phi) is 4.39. The number of nitrogens with one attached hydrogen (secondary N) is 1. The largest absolute Gasteiger partial charge is 0.383 e. The topological polar surface area (TPSA) is 71.3 Å². The molecule has 2 aromatic heterocycles. The molecule has 8 heteroatoms. The Morgan fingerprint density at radius 2 is 1.95 bits per heavy atom. The molecule has 1 aliphatic rings. The van der Waals surface area contributed by atoms with Gasteiger partial charge in [0.2, 0.25) is 5.95 Å². The molecule has 22 heavy (non-hydrogen) atoms. The van der Waals surface area contributed by atoms with E-state index >= 15 is 0 Å². The summed E-state index contributed by atoms with van der Waals surface area (Å²) >= 11 is 0. The van der Waals surface area contributed by atoms with Gasteiger partial charge in [-0.25, -0.2) is 0 Å². The highest BCUT2D eigenvalue weighted by atomic mass is 16.5. The van der Waals surface area contributed by atoms with Crippen molar-refractivity contribution < 1.29 is 4.74 Å². The summed E-state index contributed by atoms with van der Waals surface area (Å²) in [6, 6.07) is 0. The van der Waals surface area contributed by atoms with E-state index in [1.807, 2.05) is 13.2 Å². The van der Waals surface area contributed by atoms with Gasteiger partial charge in [0.15, 0.2) is 5.65 Å². The lowest BCUT2D eigenvalue weighted by molar-refractivity contribution is 0.210. The van der Waals surface area contributed by atoms with Crippen molar-refractivity contribution in [3.63, 3.8) is 0 Å². The third-order valence-corrected chi connectivity index (χ3v) is 3.96. The highest BCUT2D eigenvalue weighted by molar-refractivity contribution is 5.88. The summed E-state index contributed by atoms with van der Waals surface area (Å²) < 4.78 is 6.86. The molecule has 2 aromatic rings. The molecule has 0 bridgehead atoms. The Bertz CT molecular complexity index is 633. The van der Waals surface area contributed by atoms with Crippen LogP contribution < -0.4 is 10.2 Å². The molecule has 3 rings (SSSR count). The van der Waals surface area contributed by atoms with Gasteiger partial charge in [-0.3, -0.25) is 4.68 Å². The van der Waals surface area contributed by atoms with E-state index in [-0.39, 0.29) is 0 Å². The normalized spacial score (nSPS) is 16.4. The molecule has 1 N–H and O–H groups in total. The van der Waals surface area contributed by atoms with Gasteiger partial charge >= 0.3 is 0 Å². The first-order valence-corrected chi connectivity index (χ1v) is 7.55. The minimum Gasteiger partial charge on any atom is -0.383 e. The summed E-state index contributed by atoms with van der Waals surface area (Å²) in [7, 11) is 5.74. The number of fused-ring (bicyclic) bond motifs is 1. The fourth-order valence-corrected chi connectivity index (χ4v) is 2.61. The third-order valence-electron chi connectivity index (χ3n) is 3.96. The molecule has 0 unspecified atom stereocenters. The molecular weight excluding hydrogens is 282 g/mol. The van der Waals surface area contributed by atoms with Crippen LogP contribution in [0.3, 0.4) is 0 Å². The van der Waals surface area contributed by atoms with Gasteiger partial charge in [-0.2, -0.15) is 15.1 Å². The average molecular weight is 305 g/mol. The van der Waals surface area contributed by atoms with Crippen LogP contribution in [0.15, 0.2) is 6.20 Å². The number of anilines is 2. The molecule has 0 aliphatic carbocycles. The van der Waals surface area contributed by atoms with E-state index in [4.69, 9.17) is 9.72 Å². The van der Waals surface area contributed by atoms with Gasteiger partial charge in [0.05, 0.1) is 18.2 Å². The van der Waals surface area contributed by atoms with E-state index in [9.17, 15) is 0 Å². The lowest BCUT2D eigenvalue weighted by Gasteiger charge is -2.33. The van der Waals surface area contributed by atoms with E-state index in [1.54, 1.807) is 11.8 Å². The Balaban J connectivity index is 1.92. The van der Waals surface area contributed by atoms with Gasteiger partial charge in [-0.05, 0) is 7.05 Å². The quantitative estimate of drug-likeness (QED) is 0.790. The van der Waals surface area contributed by atoms with Crippen molar-refractivity contribution in [1.29, 1.82) is 0 Å². The molecule has 1 aliphatic heterocycles. The van der Waals surface area contributed by atoms with Gasteiger partial charge in [-0.1, -0.05) is 0 Å². The zero-order valence-electron chi connectivity index (χ0n) is 13.4. The van der Waals surface area contributed by atoms with Crippen LogP contribution in [0.4, 0.5) is 11.8 Å². The molecule has 1 saturated heterocycles. The lowest BCUT2D eigenvalue weighted by atomic mass is 10.3. The number of hydrogen-bond donors (Lipinski definition) is 1. The second-order valence-electron chi connectivity index (χ2n) is 5.59. The van der Waals surface area contributed by atoms with Crippen molar-refractivity contribution in [2.75, 3.05) is 63.7 Å². The second kappa shape index (κ2) is 6.45. The van der Waals surface area contributed by atoms with Crippen LogP contribution in [0.25, 0.3) is 11.0 Å². The van der Waals surface area contributed by atoms with Crippen molar-refractivity contribution >= 4 is 22.8 Å². The first kappa shape index (κ1) is 15.0. The summed E-state index contributed by atoms with van der Waals surface area (Å²) in [6.07, 6.45) is 1.85. The molecule has 0 atom stereocenters. The summed E-state index contributed by atoms with van der Waals surface area (Å²) in [4.78, 5) is 13.9. The minimum absolute atomic E-state index is 0.622. The van der Waals surface area contributed by atoms with Crippen molar-refractivity contribution in [3.8, 4) is 0 Å². The monoisotopic (exact) mass is 305 g/mol. The molecule has 3 heterocycles. The van der Waals surface area contributed by atoms with Crippen LogP contribution in [-0.2, 0) is 11.8 Å². The molecule has 0 radical (unpaired) electrons. The zero-order chi connectivity index (χ0) is 15.5. The van der Waals surface area contributed by atoms with E-state index in [1.165, 1.54) is 0 Å². The Labute approximate surface area is 130 Å². The Morgan fingerprint density at radius 1 is 1.18 bits per heavy atom. The third kappa shape index (κ3) is 2.97. The predicted octanol–water partition coefficient (Wildman–Crippen LogP) is 0.173. The van der Waals surface area contributed by atoms with Crippen LogP contribution in [0, 0.1) is 0 Å². The number of hydrogen-bond acceptors (Lipinski definition) is 7. The fourth-order valence-electron chi connectivity index (χ4n) is 2.61. The van der Waals surface area contributed by atoms with Gasteiger partial charge in [0.25, 0.3) is 0 Å². The van der Waals surface area contributed by atoms with Gasteiger partial charge < -0.3 is 19.9 Å². The smallest absolute Gasteiger partial charge is 0.226 e. The molecular formula is C14H23N7O. The molecule has 0 aromatic carbocycles. The molecule has 120 valence electrons. The predicted molar refractivity (Wildman–Crippen MR) is 86.4 cm³/mol. The van der Waals surface area contributed by atoms with E-state index in [2.05, 4.69) is 32.2 Å². The van der Waals surface area contributed by atoms with Crippen molar-refractivity contribution in [2.24, 2.45) is 7.05 Å². The van der Waals surface area contributed by atoms with Crippen molar-refractivity contribution in [3.05, 3.63) is 6.20 Å². The fraction of sp³-hybridized carbons (Fsp3) is 0.643. The van der Waals surface area contributed by atoms with Crippen LogP contribution in [-0.4, -0.2) is 78.1 Å². The Hall–Kier alpha value is -1.93. The maximum absolute atomic E-state index is 5.07. The minimum atomic E-state index is 0.622. The highest BCUT2D eigenvalue weighted by Gasteiger charge is 2.20. The summed E-state index contributed by atoms with van der Waals surface area (Å²) in [5.41, 5.74) is 0.851. The average Bonchev–Trinajstić information content (AvgIpc) is 2.89. The first-order chi connectivity index (χ1) is 10.7. The first-order valence-electron chi connectivity index (χ1n) is 7.55. The number of rotatable bonds is 5. The second-order valence-corrected chi connectivity index (χ2v) is 5.59. The number of piperazine rings is 1. The van der Waals surface area contributed by atoms with Gasteiger partial charge in [0, 0.05) is 46.9 Å². The van der Waals surface area contributed by atoms with Crippen molar-refractivity contribution in [1.82, 2.24) is 24.6 Å². The van der Waals surface area contributed by atoms with E-state index in [0.29, 0.717) is 19.1 Å². The summed E-state index contributed by atoms with van der Waals surface area (Å²) in [5.74, 6) is 1.59. The lowest BCUT2D eigenvalue weighted by Crippen LogP contribution is -2.45. The van der Waals surface area contributed by atoms with Crippen LogP contribution in [0.2, 0.25) is 0 Å².